The quantitative estimate of drug-likeness (QED) is 0.674. The first kappa shape index (κ1) is 22.9. The van der Waals surface area contributed by atoms with E-state index in [-0.39, 0.29) is 5.91 Å². The van der Waals surface area contributed by atoms with Crippen LogP contribution in [0.2, 0.25) is 0 Å². The first-order valence-electron chi connectivity index (χ1n) is 10.5. The van der Waals surface area contributed by atoms with E-state index in [1.165, 1.54) is 5.56 Å². The number of carbonyl (C=O) groups is 1. The summed E-state index contributed by atoms with van der Waals surface area (Å²) in [6, 6.07) is 10.2. The minimum absolute atomic E-state index is 0.346. The summed E-state index contributed by atoms with van der Waals surface area (Å²) in [5.41, 5.74) is 3.77. The molecule has 2 aromatic carbocycles. The number of benzene rings is 2. The van der Waals surface area contributed by atoms with Crippen molar-refractivity contribution in [3.05, 3.63) is 53.1 Å². The number of anilines is 1. The van der Waals surface area contributed by atoms with Gasteiger partial charge in [-0.15, -0.1) is 0 Å². The molecule has 3 rings (SSSR count). The Morgan fingerprint density at radius 2 is 1.74 bits per heavy atom. The number of fused-ring (bicyclic) bond motifs is 1. The molecule has 2 aromatic rings. The Morgan fingerprint density at radius 1 is 1.03 bits per heavy atom. The zero-order valence-corrected chi connectivity index (χ0v) is 19.3. The predicted octanol–water partition coefficient (Wildman–Crippen LogP) is 3.05. The number of nitrogens with one attached hydrogen (secondary N) is 1. The minimum Gasteiger partial charge on any atom is -0.486 e. The topological polar surface area (TPSA) is 84.9 Å². The molecule has 1 aliphatic heterocycles. The Labute approximate surface area is 184 Å². The fourth-order valence-electron chi connectivity index (χ4n) is 3.72. The molecule has 1 aliphatic rings. The van der Waals surface area contributed by atoms with Crippen LogP contribution in [-0.2, 0) is 34.2 Å². The average molecular weight is 447 g/mol. The summed E-state index contributed by atoms with van der Waals surface area (Å²) in [6.45, 7) is 6.92. The predicted molar refractivity (Wildman–Crippen MR) is 121 cm³/mol. The largest absolute Gasteiger partial charge is 0.486 e. The number of hydrogen-bond donors (Lipinski definition) is 1. The number of hydrogen-bond acceptors (Lipinski definition) is 5. The number of rotatable bonds is 8. The molecule has 0 fully saturated rings. The van der Waals surface area contributed by atoms with Crippen LogP contribution in [0.25, 0.3) is 0 Å². The van der Waals surface area contributed by atoms with Crippen LogP contribution < -0.4 is 19.1 Å². The highest BCUT2D eigenvalue weighted by Crippen LogP contribution is 2.35. The lowest BCUT2D eigenvalue weighted by Gasteiger charge is -2.29. The Morgan fingerprint density at radius 3 is 2.39 bits per heavy atom. The third-order valence-corrected chi connectivity index (χ3v) is 6.62. The van der Waals surface area contributed by atoms with Gasteiger partial charge in [-0.1, -0.05) is 32.0 Å². The Hall–Kier alpha value is -2.74. The third-order valence-electron chi connectivity index (χ3n) is 5.38. The molecule has 0 unspecified atom stereocenters. The molecule has 0 bridgehead atoms. The highest BCUT2D eigenvalue weighted by atomic mass is 32.2. The molecule has 0 aromatic heterocycles. The van der Waals surface area contributed by atoms with Crippen LogP contribution >= 0.6 is 0 Å². The normalized spacial score (nSPS) is 14.1. The molecule has 7 nitrogen and oxygen atoms in total. The molecule has 31 heavy (non-hydrogen) atoms. The number of nitrogens with zero attached hydrogens (tertiary/aromatic N) is 1. The first-order chi connectivity index (χ1) is 14.7. The fraction of sp³-hybridized carbons (Fsp3) is 0.435. The second kappa shape index (κ2) is 9.60. The van der Waals surface area contributed by atoms with E-state index in [4.69, 9.17) is 9.47 Å². The summed E-state index contributed by atoms with van der Waals surface area (Å²) in [4.78, 5) is 12.9. The minimum atomic E-state index is -3.72. The molecular formula is C23H30N2O5S. The van der Waals surface area contributed by atoms with Crippen LogP contribution in [0.15, 0.2) is 36.4 Å². The Bertz CT molecular complexity index is 1050. The summed E-state index contributed by atoms with van der Waals surface area (Å²) in [5.74, 6) is 0.654. The Balaban J connectivity index is 1.81. The van der Waals surface area contributed by atoms with E-state index in [1.807, 2.05) is 0 Å². The van der Waals surface area contributed by atoms with Gasteiger partial charge in [-0.25, -0.2) is 8.42 Å². The second-order valence-corrected chi connectivity index (χ2v) is 9.45. The standard InChI is InChI=1S/C23H30N2O5S/c1-5-17-7-8-18(6-2)19(13-17)15-24-23(26)16(3)25(31(4,27)28)20-9-10-21-22(14-20)30-12-11-29-21/h7-10,13-14,16H,5-6,11-12,15H2,1-4H3,(H,24,26)/t16-/m0/s1. The van der Waals surface area contributed by atoms with E-state index in [2.05, 4.69) is 37.4 Å². The van der Waals surface area contributed by atoms with Gasteiger partial charge in [0.15, 0.2) is 11.5 Å². The van der Waals surface area contributed by atoms with Crippen LogP contribution in [0, 0.1) is 0 Å². The lowest BCUT2D eigenvalue weighted by molar-refractivity contribution is -0.122. The van der Waals surface area contributed by atoms with Crippen molar-refractivity contribution in [1.82, 2.24) is 5.32 Å². The van der Waals surface area contributed by atoms with Gasteiger partial charge in [0.25, 0.3) is 0 Å². The summed E-state index contributed by atoms with van der Waals surface area (Å²) < 4.78 is 37.4. The molecular weight excluding hydrogens is 416 g/mol. The average Bonchev–Trinajstić information content (AvgIpc) is 2.76. The van der Waals surface area contributed by atoms with Crippen LogP contribution in [0.3, 0.4) is 0 Å². The van der Waals surface area contributed by atoms with Gasteiger partial charge in [0, 0.05) is 12.6 Å². The van der Waals surface area contributed by atoms with Crippen LogP contribution in [0.1, 0.15) is 37.5 Å². The van der Waals surface area contributed by atoms with Gasteiger partial charge < -0.3 is 14.8 Å². The van der Waals surface area contributed by atoms with Crippen LogP contribution in [-0.4, -0.2) is 39.8 Å². The number of sulfonamides is 1. The fourth-order valence-corrected chi connectivity index (χ4v) is 4.88. The van der Waals surface area contributed by atoms with Crippen molar-refractivity contribution in [1.29, 1.82) is 0 Å². The van der Waals surface area contributed by atoms with E-state index < -0.39 is 16.1 Å². The highest BCUT2D eigenvalue weighted by molar-refractivity contribution is 7.92. The Kier molecular flexibility index (Phi) is 7.10. The van der Waals surface area contributed by atoms with Crippen molar-refractivity contribution < 1.29 is 22.7 Å². The molecule has 8 heteroatoms. The summed E-state index contributed by atoms with van der Waals surface area (Å²) in [5, 5.41) is 2.91. The van der Waals surface area contributed by atoms with Gasteiger partial charge >= 0.3 is 0 Å². The summed E-state index contributed by atoms with van der Waals surface area (Å²) >= 11 is 0. The monoisotopic (exact) mass is 446 g/mol. The molecule has 168 valence electrons. The van der Waals surface area contributed by atoms with E-state index in [0.717, 1.165) is 34.5 Å². The van der Waals surface area contributed by atoms with Gasteiger partial charge in [-0.3, -0.25) is 9.10 Å². The van der Waals surface area contributed by atoms with E-state index in [9.17, 15) is 13.2 Å². The maximum Gasteiger partial charge on any atom is 0.243 e. The van der Waals surface area contributed by atoms with E-state index in [1.54, 1.807) is 25.1 Å². The highest BCUT2D eigenvalue weighted by Gasteiger charge is 2.30. The van der Waals surface area contributed by atoms with Gasteiger partial charge in [0.1, 0.15) is 19.3 Å². The third kappa shape index (κ3) is 5.31. The molecule has 1 N–H and O–H groups in total. The van der Waals surface area contributed by atoms with Gasteiger partial charge in [-0.2, -0.15) is 0 Å². The number of ether oxygens (including phenoxy) is 2. The van der Waals surface area contributed by atoms with Gasteiger partial charge in [0.2, 0.25) is 15.9 Å². The summed E-state index contributed by atoms with van der Waals surface area (Å²) in [7, 11) is -3.72. The lowest BCUT2D eigenvalue weighted by atomic mass is 10.0. The first-order valence-corrected chi connectivity index (χ1v) is 12.4. The van der Waals surface area contributed by atoms with Crippen molar-refractivity contribution in [3.63, 3.8) is 0 Å². The summed E-state index contributed by atoms with van der Waals surface area (Å²) in [6.07, 6.45) is 2.86. The number of amides is 1. The van der Waals surface area contributed by atoms with Gasteiger partial charge in [0.05, 0.1) is 11.9 Å². The van der Waals surface area contributed by atoms with Crippen LogP contribution in [0.5, 0.6) is 11.5 Å². The molecule has 0 radical (unpaired) electrons. The van der Waals surface area contributed by atoms with E-state index >= 15 is 0 Å². The smallest absolute Gasteiger partial charge is 0.243 e. The van der Waals surface area contributed by atoms with E-state index in [0.29, 0.717) is 36.9 Å². The SMILES string of the molecule is CCc1ccc(CC)c(CNC(=O)[C@H](C)N(c2ccc3c(c2)OCCO3)S(C)(=O)=O)c1. The second-order valence-electron chi connectivity index (χ2n) is 7.59. The van der Waals surface area contributed by atoms with Crippen molar-refractivity contribution in [2.75, 3.05) is 23.8 Å². The maximum absolute atomic E-state index is 12.9. The van der Waals surface area contributed by atoms with Crippen molar-refractivity contribution in [2.24, 2.45) is 0 Å². The molecule has 1 amide bonds. The zero-order chi connectivity index (χ0) is 22.6. The molecule has 0 saturated carbocycles. The van der Waals surface area contributed by atoms with Crippen molar-refractivity contribution in [2.45, 2.75) is 46.2 Å². The van der Waals surface area contributed by atoms with Crippen molar-refractivity contribution in [3.8, 4) is 11.5 Å². The zero-order valence-electron chi connectivity index (χ0n) is 18.5. The molecule has 0 spiro atoms. The van der Waals surface area contributed by atoms with Gasteiger partial charge in [-0.05, 0) is 48.6 Å². The number of aryl methyl sites for hydroxylation is 2. The molecule has 0 aliphatic carbocycles. The molecule has 1 atom stereocenters. The lowest BCUT2D eigenvalue weighted by Crippen LogP contribution is -2.47. The number of carbonyl (C=O) groups excluding carboxylic acids is 1. The van der Waals surface area contributed by atoms with Crippen molar-refractivity contribution >= 4 is 21.6 Å². The molecule has 0 saturated heterocycles. The van der Waals surface area contributed by atoms with Crippen LogP contribution in [0.4, 0.5) is 5.69 Å². The molecule has 1 heterocycles. The maximum atomic E-state index is 12.9.